The van der Waals surface area contributed by atoms with Gasteiger partial charge in [-0.15, -0.1) is 23.5 Å². The molecule has 0 aromatic heterocycles. The lowest BCUT2D eigenvalue weighted by molar-refractivity contribution is -0.134. The smallest absolute Gasteiger partial charge is 0.313 e. The SMILES string of the molecule is Nc1c(I)c(C(=O)Cl)c(I)c(C(=O)Cl)c1I.Nc1c(I)c(C(=O)Cl)c(I)c(C(=O)Cl)c1I.O=C(O)CSCSCC(=O)O. The third-order valence-corrected chi connectivity index (χ3v) is 13.7. The Labute approximate surface area is 354 Å². The molecule has 0 atom stereocenters. The van der Waals surface area contributed by atoms with Gasteiger partial charge < -0.3 is 21.7 Å². The fourth-order valence-electron chi connectivity index (χ4n) is 2.37. The highest BCUT2D eigenvalue weighted by molar-refractivity contribution is 14.1. The van der Waals surface area contributed by atoms with Crippen LogP contribution in [-0.4, -0.2) is 59.7 Å². The van der Waals surface area contributed by atoms with Gasteiger partial charge in [-0.2, -0.15) is 0 Å². The number of rotatable bonds is 10. The number of aliphatic carboxylic acids is 2. The number of carbonyl (C=O) groups excluding carboxylic acids is 4. The minimum atomic E-state index is -0.870. The first-order chi connectivity index (χ1) is 19.7. The minimum absolute atomic E-state index is 0.0343. The van der Waals surface area contributed by atoms with Crippen LogP contribution < -0.4 is 11.5 Å². The number of carboxylic acids is 2. The van der Waals surface area contributed by atoms with Gasteiger partial charge in [-0.3, -0.25) is 28.8 Å². The van der Waals surface area contributed by atoms with Crippen LogP contribution in [0.4, 0.5) is 11.4 Å². The van der Waals surface area contributed by atoms with Crippen LogP contribution in [0.2, 0.25) is 0 Å². The molecule has 0 fully saturated rings. The van der Waals surface area contributed by atoms with Gasteiger partial charge in [0.15, 0.2) is 0 Å². The highest BCUT2D eigenvalue weighted by Gasteiger charge is 2.26. The van der Waals surface area contributed by atoms with Crippen molar-refractivity contribution in [1.29, 1.82) is 0 Å². The number of hydrogen-bond acceptors (Lipinski definition) is 10. The van der Waals surface area contributed by atoms with Gasteiger partial charge in [-0.25, -0.2) is 0 Å². The Morgan fingerprint density at radius 3 is 0.884 bits per heavy atom. The molecule has 0 radical (unpaired) electrons. The van der Waals surface area contributed by atoms with Crippen LogP contribution >= 0.6 is 205 Å². The zero-order chi connectivity index (χ0) is 33.9. The summed E-state index contributed by atoms with van der Waals surface area (Å²) in [5.41, 5.74) is 13.2. The maximum atomic E-state index is 11.3. The average Bonchev–Trinajstić information content (AvgIpc) is 2.85. The Hall–Kier alpha value is 1.90. The van der Waals surface area contributed by atoms with Crippen LogP contribution in [0, 0.1) is 21.4 Å². The standard InChI is InChI=1S/2C8H2Cl2I3NO2.C5H8O4S2/c2*9-7(15)1-3(11)2(8(10)16)5(13)6(14)4(1)12;6-4(7)1-10-3-11-2-5(8)9/h2*14H2;1-3H2,(H,6,7)(H,8,9). The van der Waals surface area contributed by atoms with Crippen LogP contribution in [-0.2, 0) is 9.59 Å². The fourth-order valence-corrected chi connectivity index (χ4v) is 14.2. The van der Waals surface area contributed by atoms with Crippen molar-refractivity contribution >= 4 is 250 Å². The van der Waals surface area contributed by atoms with E-state index in [0.29, 0.717) is 37.9 Å². The van der Waals surface area contributed by atoms with Crippen molar-refractivity contribution in [2.75, 3.05) is 28.1 Å². The molecule has 0 heterocycles. The molecule has 2 aromatic rings. The number of carbonyl (C=O) groups is 6. The third kappa shape index (κ3) is 14.1. The van der Waals surface area contributed by atoms with Gasteiger partial charge >= 0.3 is 11.9 Å². The first-order valence-electron chi connectivity index (χ1n) is 10.0. The molecule has 0 aliphatic carbocycles. The quantitative estimate of drug-likeness (QED) is 0.0586. The number of nitrogen functional groups attached to an aromatic ring is 2. The topological polar surface area (TPSA) is 195 Å². The van der Waals surface area contributed by atoms with Gasteiger partial charge in [0, 0.05) is 12.2 Å². The summed E-state index contributed by atoms with van der Waals surface area (Å²) < 4.78 is 3.00. The molecule has 22 heteroatoms. The molecule has 0 bridgehead atoms. The normalized spacial score (nSPS) is 10.1. The lowest BCUT2D eigenvalue weighted by Gasteiger charge is -2.12. The average molecular weight is 1390 g/mol. The molecule has 2 aromatic carbocycles. The Balaban J connectivity index is 0.000000629. The fraction of sp³-hybridized carbons (Fsp3) is 0.143. The van der Waals surface area contributed by atoms with E-state index in [1.807, 2.05) is 136 Å². The van der Waals surface area contributed by atoms with E-state index in [1.54, 1.807) is 0 Å². The molecule has 2 rings (SSSR count). The van der Waals surface area contributed by atoms with Crippen molar-refractivity contribution in [1.82, 2.24) is 0 Å². The summed E-state index contributed by atoms with van der Waals surface area (Å²) in [7, 11) is 0. The summed E-state index contributed by atoms with van der Waals surface area (Å²) in [6.07, 6.45) is 0. The van der Waals surface area contributed by atoms with E-state index < -0.39 is 32.9 Å². The summed E-state index contributed by atoms with van der Waals surface area (Å²) in [6, 6.07) is 0. The molecular formula is C21H12Cl4I6N2O8S2. The maximum absolute atomic E-state index is 11.3. The van der Waals surface area contributed by atoms with Crippen molar-refractivity contribution in [3.8, 4) is 0 Å². The van der Waals surface area contributed by atoms with Gasteiger partial charge in [0.05, 0.1) is 59.4 Å². The maximum Gasteiger partial charge on any atom is 0.313 e. The van der Waals surface area contributed by atoms with E-state index in [9.17, 15) is 28.8 Å². The van der Waals surface area contributed by atoms with E-state index >= 15 is 0 Å². The molecule has 10 nitrogen and oxygen atoms in total. The Kier molecular flexibility index (Phi) is 22.7. The third-order valence-electron chi connectivity index (χ3n) is 4.11. The lowest BCUT2D eigenvalue weighted by Crippen LogP contribution is -2.11. The molecule has 0 amide bonds. The number of benzene rings is 2. The zero-order valence-electron chi connectivity index (χ0n) is 20.2. The van der Waals surface area contributed by atoms with Crippen LogP contribution in [0.3, 0.4) is 0 Å². The van der Waals surface area contributed by atoms with Crippen molar-refractivity contribution in [2.24, 2.45) is 0 Å². The molecule has 0 spiro atoms. The number of carboxylic acid groups (broad SMARTS) is 2. The molecule has 0 saturated heterocycles. The molecule has 0 aliphatic rings. The molecular weight excluding hydrogens is 1380 g/mol. The summed E-state index contributed by atoms with van der Waals surface area (Å²) in [5, 5.41) is 14.2. The number of hydrogen-bond donors (Lipinski definition) is 4. The van der Waals surface area contributed by atoms with Crippen molar-refractivity contribution in [3.63, 3.8) is 0 Å². The molecule has 0 unspecified atom stereocenters. The summed E-state index contributed by atoms with van der Waals surface area (Å²) >= 11 is 35.6. The van der Waals surface area contributed by atoms with E-state index in [2.05, 4.69) is 0 Å². The number of anilines is 2. The Bertz CT molecular complexity index is 1300. The second-order valence-electron chi connectivity index (χ2n) is 6.91. The zero-order valence-corrected chi connectivity index (χ0v) is 37.8. The summed E-state index contributed by atoms with van der Waals surface area (Å²) in [5.74, 6) is -1.67. The second kappa shape index (κ2) is 21.8. The van der Waals surface area contributed by atoms with Crippen LogP contribution in [0.1, 0.15) is 41.4 Å². The molecule has 43 heavy (non-hydrogen) atoms. The van der Waals surface area contributed by atoms with Gasteiger partial charge in [-0.1, -0.05) is 0 Å². The minimum Gasteiger partial charge on any atom is -0.481 e. The summed E-state index contributed by atoms with van der Waals surface area (Å²) in [4.78, 5) is 65.0. The number of nitrogens with two attached hydrogens (primary N) is 2. The monoisotopic (exact) mass is 1390 g/mol. The van der Waals surface area contributed by atoms with E-state index in [0.717, 1.165) is 0 Å². The van der Waals surface area contributed by atoms with Crippen LogP contribution in [0.25, 0.3) is 0 Å². The Morgan fingerprint density at radius 2 is 0.721 bits per heavy atom. The van der Waals surface area contributed by atoms with E-state index in [4.69, 9.17) is 68.1 Å². The molecule has 0 aliphatic heterocycles. The van der Waals surface area contributed by atoms with Gasteiger partial charge in [-0.05, 0) is 182 Å². The van der Waals surface area contributed by atoms with Crippen molar-refractivity contribution in [3.05, 3.63) is 43.7 Å². The van der Waals surface area contributed by atoms with E-state index in [-0.39, 0.29) is 33.8 Å². The van der Waals surface area contributed by atoms with Crippen molar-refractivity contribution < 1.29 is 39.0 Å². The molecule has 6 N–H and O–H groups in total. The highest BCUT2D eigenvalue weighted by atomic mass is 127. The largest absolute Gasteiger partial charge is 0.481 e. The van der Waals surface area contributed by atoms with Crippen LogP contribution in [0.15, 0.2) is 0 Å². The van der Waals surface area contributed by atoms with Gasteiger partial charge in [0.1, 0.15) is 0 Å². The van der Waals surface area contributed by atoms with Crippen LogP contribution in [0.5, 0.6) is 0 Å². The lowest BCUT2D eigenvalue weighted by atomic mass is 10.1. The summed E-state index contributed by atoms with van der Waals surface area (Å²) in [6.45, 7) is 0. The van der Waals surface area contributed by atoms with Gasteiger partial charge in [0.2, 0.25) is 0 Å². The highest BCUT2D eigenvalue weighted by Crippen LogP contribution is 2.36. The molecule has 0 saturated carbocycles. The predicted molar refractivity (Wildman–Crippen MR) is 224 cm³/mol. The second-order valence-corrected chi connectivity index (χ2v) is 17.1. The number of thioether (sulfide) groups is 2. The van der Waals surface area contributed by atoms with E-state index in [1.165, 1.54) is 23.5 Å². The number of halogens is 10. The predicted octanol–water partition coefficient (Wildman–Crippen LogP) is 8.26. The first kappa shape index (κ1) is 44.9. The molecule has 236 valence electrons. The first-order valence-corrected chi connectivity index (χ1v) is 20.3. The van der Waals surface area contributed by atoms with Crippen molar-refractivity contribution in [2.45, 2.75) is 0 Å². The Morgan fingerprint density at radius 1 is 0.512 bits per heavy atom. The van der Waals surface area contributed by atoms with Gasteiger partial charge in [0.25, 0.3) is 21.0 Å².